The fourth-order valence-electron chi connectivity index (χ4n) is 4.02. The summed E-state index contributed by atoms with van der Waals surface area (Å²) in [4.78, 5) is 17.1. The summed E-state index contributed by atoms with van der Waals surface area (Å²) in [5.41, 5.74) is 1.93. The second-order valence-corrected chi connectivity index (χ2v) is 8.38. The van der Waals surface area contributed by atoms with Crippen LogP contribution in [0.2, 0.25) is 5.02 Å². The molecule has 2 aliphatic rings. The highest BCUT2D eigenvalue weighted by Crippen LogP contribution is 2.36. The van der Waals surface area contributed by atoms with Crippen LogP contribution in [0.1, 0.15) is 31.1 Å². The van der Waals surface area contributed by atoms with Gasteiger partial charge in [-0.05, 0) is 49.2 Å². The van der Waals surface area contributed by atoms with Crippen molar-refractivity contribution in [3.05, 3.63) is 53.5 Å². The van der Waals surface area contributed by atoms with Crippen LogP contribution in [0.3, 0.4) is 0 Å². The van der Waals surface area contributed by atoms with E-state index < -0.39 is 0 Å². The van der Waals surface area contributed by atoms with Gasteiger partial charge in [-0.25, -0.2) is 0 Å². The molecule has 1 aromatic carbocycles. The number of hydrogen-bond donors (Lipinski definition) is 0. The first kappa shape index (κ1) is 19.2. The SMILES string of the molecule is O=C(Cn1cccc1-c1nnc(C2CCC2)o1)N1CCN(c2ccc(Cl)cc2)CC1. The molecule has 1 saturated heterocycles. The smallest absolute Gasteiger partial charge is 0.264 e. The highest BCUT2D eigenvalue weighted by Gasteiger charge is 2.26. The Morgan fingerprint density at radius 1 is 1.07 bits per heavy atom. The average Bonchev–Trinajstić information content (AvgIpc) is 3.37. The zero-order valence-electron chi connectivity index (χ0n) is 16.7. The maximum absolute atomic E-state index is 12.9. The number of nitrogens with zero attached hydrogens (tertiary/aromatic N) is 5. The summed E-state index contributed by atoms with van der Waals surface area (Å²) >= 11 is 5.98. The van der Waals surface area contributed by atoms with Crippen LogP contribution in [-0.2, 0) is 11.3 Å². The fraction of sp³-hybridized carbons (Fsp3) is 0.409. The van der Waals surface area contributed by atoms with E-state index >= 15 is 0 Å². The van der Waals surface area contributed by atoms with E-state index in [-0.39, 0.29) is 12.5 Å². The van der Waals surface area contributed by atoms with Crippen LogP contribution in [0.15, 0.2) is 47.0 Å². The predicted octanol–water partition coefficient (Wildman–Crippen LogP) is 3.81. The molecule has 0 radical (unpaired) electrons. The van der Waals surface area contributed by atoms with Gasteiger partial charge in [-0.2, -0.15) is 0 Å². The topological polar surface area (TPSA) is 67.4 Å². The van der Waals surface area contributed by atoms with Crippen molar-refractivity contribution >= 4 is 23.2 Å². The van der Waals surface area contributed by atoms with Gasteiger partial charge in [0.15, 0.2) is 0 Å². The standard InChI is InChI=1S/C22H24ClN5O2/c23-17-6-8-18(9-7-17)26-11-13-27(14-12-26)20(29)15-28-10-2-5-19(28)22-25-24-21(30-22)16-3-1-4-16/h2,5-10,16H,1,3-4,11-15H2. The first-order valence-electron chi connectivity index (χ1n) is 10.4. The lowest BCUT2D eigenvalue weighted by molar-refractivity contribution is -0.132. The Morgan fingerprint density at radius 3 is 2.53 bits per heavy atom. The van der Waals surface area contributed by atoms with Gasteiger partial charge >= 0.3 is 0 Å². The minimum atomic E-state index is 0.0990. The summed E-state index contributed by atoms with van der Waals surface area (Å²) < 4.78 is 7.78. The molecule has 5 rings (SSSR count). The first-order valence-corrected chi connectivity index (χ1v) is 10.8. The molecule has 0 unspecified atom stereocenters. The number of halogens is 1. The van der Waals surface area contributed by atoms with Crippen LogP contribution in [0, 0.1) is 0 Å². The lowest BCUT2D eigenvalue weighted by Crippen LogP contribution is -2.49. The zero-order valence-corrected chi connectivity index (χ0v) is 17.5. The zero-order chi connectivity index (χ0) is 20.5. The summed E-state index contributed by atoms with van der Waals surface area (Å²) in [5, 5.41) is 9.15. The van der Waals surface area contributed by atoms with Gasteiger partial charge < -0.3 is 18.8 Å². The number of hydrogen-bond acceptors (Lipinski definition) is 5. The molecule has 156 valence electrons. The summed E-state index contributed by atoms with van der Waals surface area (Å²) in [6.07, 6.45) is 5.34. The molecule has 1 amide bonds. The van der Waals surface area contributed by atoms with E-state index in [1.54, 1.807) is 0 Å². The molecule has 30 heavy (non-hydrogen) atoms. The maximum Gasteiger partial charge on any atom is 0.264 e. The van der Waals surface area contributed by atoms with Gasteiger partial charge in [-0.1, -0.05) is 18.0 Å². The Kier molecular flexibility index (Phi) is 5.21. The number of aromatic nitrogens is 3. The Balaban J connectivity index is 1.21. The normalized spacial score (nSPS) is 17.2. The van der Waals surface area contributed by atoms with Gasteiger partial charge in [0.2, 0.25) is 11.8 Å². The fourth-order valence-corrected chi connectivity index (χ4v) is 4.14. The third-order valence-electron chi connectivity index (χ3n) is 6.07. The van der Waals surface area contributed by atoms with Crippen LogP contribution in [0.5, 0.6) is 0 Å². The molecule has 3 heterocycles. The molecule has 1 saturated carbocycles. The summed E-state index contributed by atoms with van der Waals surface area (Å²) in [5.74, 6) is 1.70. The molecule has 2 aromatic heterocycles. The van der Waals surface area contributed by atoms with Crippen molar-refractivity contribution in [1.82, 2.24) is 19.7 Å². The van der Waals surface area contributed by atoms with Gasteiger partial charge in [-0.15, -0.1) is 10.2 Å². The number of benzene rings is 1. The molecule has 8 heteroatoms. The summed E-state index contributed by atoms with van der Waals surface area (Å²) in [6.45, 7) is 3.28. The molecule has 3 aromatic rings. The number of anilines is 1. The van der Waals surface area contributed by atoms with Gasteiger partial charge in [0.05, 0.1) is 0 Å². The number of carbonyl (C=O) groups excluding carboxylic acids is 1. The molecule has 1 aliphatic heterocycles. The predicted molar refractivity (Wildman–Crippen MR) is 115 cm³/mol. The van der Waals surface area contributed by atoms with Crippen molar-refractivity contribution in [2.24, 2.45) is 0 Å². The van der Waals surface area contributed by atoms with Crippen molar-refractivity contribution in [1.29, 1.82) is 0 Å². The van der Waals surface area contributed by atoms with Crippen molar-refractivity contribution in [3.8, 4) is 11.6 Å². The third kappa shape index (κ3) is 3.81. The van der Waals surface area contributed by atoms with Crippen LogP contribution >= 0.6 is 11.6 Å². The van der Waals surface area contributed by atoms with Crippen LogP contribution < -0.4 is 4.90 Å². The molecule has 7 nitrogen and oxygen atoms in total. The number of amides is 1. The molecule has 0 bridgehead atoms. The quantitative estimate of drug-likeness (QED) is 0.621. The van der Waals surface area contributed by atoms with Gasteiger partial charge in [0, 0.05) is 49.0 Å². The van der Waals surface area contributed by atoms with E-state index in [0.717, 1.165) is 42.3 Å². The molecular formula is C22H24ClN5O2. The lowest BCUT2D eigenvalue weighted by atomic mass is 9.85. The highest BCUT2D eigenvalue weighted by molar-refractivity contribution is 6.30. The number of rotatable bonds is 5. The largest absolute Gasteiger partial charge is 0.419 e. The molecule has 0 atom stereocenters. The third-order valence-corrected chi connectivity index (χ3v) is 6.33. The Morgan fingerprint density at radius 2 is 1.83 bits per heavy atom. The van der Waals surface area contributed by atoms with E-state index in [4.69, 9.17) is 16.0 Å². The second kappa shape index (κ2) is 8.14. The molecular weight excluding hydrogens is 402 g/mol. The Hall–Kier alpha value is -2.80. The van der Waals surface area contributed by atoms with Gasteiger partial charge in [0.25, 0.3) is 5.89 Å². The lowest BCUT2D eigenvalue weighted by Gasteiger charge is -2.36. The van der Waals surface area contributed by atoms with Gasteiger partial charge in [0.1, 0.15) is 12.2 Å². The molecule has 0 spiro atoms. The van der Waals surface area contributed by atoms with E-state index in [0.29, 0.717) is 30.8 Å². The molecule has 1 aliphatic carbocycles. The van der Waals surface area contributed by atoms with Gasteiger partial charge in [-0.3, -0.25) is 4.79 Å². The van der Waals surface area contributed by atoms with Crippen molar-refractivity contribution in [2.75, 3.05) is 31.1 Å². The monoisotopic (exact) mass is 425 g/mol. The van der Waals surface area contributed by atoms with Crippen molar-refractivity contribution in [3.63, 3.8) is 0 Å². The maximum atomic E-state index is 12.9. The highest BCUT2D eigenvalue weighted by atomic mass is 35.5. The van der Waals surface area contributed by atoms with Crippen LogP contribution in [0.4, 0.5) is 5.69 Å². The summed E-state index contributed by atoms with van der Waals surface area (Å²) in [6, 6.07) is 11.7. The van der Waals surface area contributed by atoms with Crippen LogP contribution in [-0.4, -0.2) is 51.8 Å². The average molecular weight is 426 g/mol. The van der Waals surface area contributed by atoms with E-state index in [1.807, 2.05) is 52.1 Å². The second-order valence-electron chi connectivity index (χ2n) is 7.94. The Bertz CT molecular complexity index is 1020. The van der Waals surface area contributed by atoms with Crippen molar-refractivity contribution in [2.45, 2.75) is 31.7 Å². The number of carbonyl (C=O) groups is 1. The van der Waals surface area contributed by atoms with Crippen LogP contribution in [0.25, 0.3) is 11.6 Å². The molecule has 0 N–H and O–H groups in total. The minimum Gasteiger partial charge on any atom is -0.419 e. The van der Waals surface area contributed by atoms with E-state index in [1.165, 1.54) is 6.42 Å². The first-order chi connectivity index (χ1) is 14.7. The summed E-state index contributed by atoms with van der Waals surface area (Å²) in [7, 11) is 0. The number of piperazine rings is 1. The van der Waals surface area contributed by atoms with Crippen molar-refractivity contribution < 1.29 is 9.21 Å². The molecule has 2 fully saturated rings. The Labute approximate surface area is 180 Å². The minimum absolute atomic E-state index is 0.0990. The van der Waals surface area contributed by atoms with E-state index in [2.05, 4.69) is 15.1 Å². The van der Waals surface area contributed by atoms with E-state index in [9.17, 15) is 4.79 Å².